The third-order valence-electron chi connectivity index (χ3n) is 5.69. The van der Waals surface area contributed by atoms with Crippen LogP contribution in [0.5, 0.6) is 0 Å². The summed E-state index contributed by atoms with van der Waals surface area (Å²) in [6.07, 6.45) is 14.4. The zero-order valence-corrected chi connectivity index (χ0v) is 15.0. The maximum Gasteiger partial charge on any atom is 0.272 e. The van der Waals surface area contributed by atoms with Gasteiger partial charge in [0.15, 0.2) is 0 Å². The summed E-state index contributed by atoms with van der Waals surface area (Å²) >= 11 is 0. The van der Waals surface area contributed by atoms with Gasteiger partial charge in [-0.15, -0.1) is 0 Å². The van der Waals surface area contributed by atoms with Crippen LogP contribution in [-0.4, -0.2) is 42.7 Å². The highest BCUT2D eigenvalue weighted by Crippen LogP contribution is 2.28. The molecule has 1 aliphatic heterocycles. The Hall–Kier alpha value is -2.11. The molecule has 1 amide bonds. The molecule has 0 bridgehead atoms. The van der Waals surface area contributed by atoms with E-state index in [2.05, 4.69) is 19.5 Å². The molecule has 134 valence electrons. The minimum absolute atomic E-state index is 0.188. The van der Waals surface area contributed by atoms with Crippen molar-refractivity contribution in [2.24, 2.45) is 7.05 Å². The third-order valence-corrected chi connectivity index (χ3v) is 5.69. The van der Waals surface area contributed by atoms with E-state index in [1.54, 1.807) is 0 Å². The number of nitrogens with zero attached hydrogens (tertiary/aromatic N) is 5. The van der Waals surface area contributed by atoms with Crippen LogP contribution in [0.2, 0.25) is 0 Å². The Morgan fingerprint density at radius 3 is 2.96 bits per heavy atom. The van der Waals surface area contributed by atoms with Gasteiger partial charge in [0.05, 0.1) is 12.0 Å². The van der Waals surface area contributed by atoms with E-state index in [4.69, 9.17) is 0 Å². The lowest BCUT2D eigenvalue weighted by Crippen LogP contribution is -2.45. The van der Waals surface area contributed by atoms with Gasteiger partial charge in [-0.3, -0.25) is 9.48 Å². The Balaban J connectivity index is 1.54. The lowest BCUT2D eigenvalue weighted by molar-refractivity contribution is 0.0583. The average molecular weight is 341 g/mol. The maximum atomic E-state index is 13.4. The number of hydrogen-bond donors (Lipinski definition) is 0. The largest absolute Gasteiger partial charge is 0.337 e. The Labute approximate surface area is 148 Å². The number of hydrogen-bond acceptors (Lipinski definition) is 3. The topological polar surface area (TPSA) is 56.0 Å². The van der Waals surface area contributed by atoms with Gasteiger partial charge in [-0.05, 0) is 51.4 Å². The van der Waals surface area contributed by atoms with Crippen molar-refractivity contribution in [2.75, 3.05) is 6.54 Å². The number of rotatable bonds is 4. The van der Waals surface area contributed by atoms with E-state index in [9.17, 15) is 4.79 Å². The number of fused-ring (bicyclic) bond motifs is 1. The highest BCUT2D eigenvalue weighted by atomic mass is 16.2. The maximum absolute atomic E-state index is 13.4. The van der Waals surface area contributed by atoms with Crippen molar-refractivity contribution in [2.45, 2.75) is 64.0 Å². The molecule has 0 unspecified atom stereocenters. The van der Waals surface area contributed by atoms with E-state index in [1.165, 1.54) is 24.8 Å². The molecule has 0 aromatic carbocycles. The van der Waals surface area contributed by atoms with Crippen molar-refractivity contribution in [1.29, 1.82) is 0 Å². The molecule has 0 N–H and O–H groups in total. The van der Waals surface area contributed by atoms with Gasteiger partial charge in [-0.25, -0.2) is 4.98 Å². The second-order valence-electron chi connectivity index (χ2n) is 7.34. The van der Waals surface area contributed by atoms with Crippen LogP contribution in [0, 0.1) is 0 Å². The van der Waals surface area contributed by atoms with Crippen molar-refractivity contribution in [3.8, 4) is 0 Å². The fourth-order valence-electron chi connectivity index (χ4n) is 4.37. The van der Waals surface area contributed by atoms with Crippen molar-refractivity contribution in [3.63, 3.8) is 0 Å². The second-order valence-corrected chi connectivity index (χ2v) is 7.34. The number of imidazole rings is 1. The van der Waals surface area contributed by atoms with Gasteiger partial charge in [-0.1, -0.05) is 0 Å². The molecule has 2 aliphatic rings. The van der Waals surface area contributed by atoms with Crippen LogP contribution < -0.4 is 0 Å². The fourth-order valence-corrected chi connectivity index (χ4v) is 4.37. The van der Waals surface area contributed by atoms with Crippen LogP contribution in [-0.2, 0) is 26.4 Å². The number of carbonyl (C=O) groups excluding carboxylic acids is 1. The molecule has 4 rings (SSSR count). The van der Waals surface area contributed by atoms with E-state index in [1.807, 2.05) is 30.5 Å². The molecular weight excluding hydrogens is 314 g/mol. The number of amides is 1. The minimum Gasteiger partial charge on any atom is -0.337 e. The van der Waals surface area contributed by atoms with Crippen LogP contribution in [0.4, 0.5) is 0 Å². The predicted octanol–water partition coefficient (Wildman–Crippen LogP) is 2.58. The van der Waals surface area contributed by atoms with E-state index in [-0.39, 0.29) is 5.91 Å². The van der Waals surface area contributed by atoms with E-state index < -0.39 is 0 Å². The van der Waals surface area contributed by atoms with Gasteiger partial charge >= 0.3 is 0 Å². The van der Waals surface area contributed by atoms with E-state index in [0.717, 1.165) is 56.6 Å². The van der Waals surface area contributed by atoms with Crippen molar-refractivity contribution in [3.05, 3.63) is 35.7 Å². The summed E-state index contributed by atoms with van der Waals surface area (Å²) < 4.78 is 3.93. The van der Waals surface area contributed by atoms with E-state index >= 15 is 0 Å². The highest BCUT2D eigenvalue weighted by molar-refractivity contribution is 5.94. The SMILES string of the molecule is Cn1nc2c(c1C(=O)N1CCCC[C@@H]1CCn1ccnc1)CCCC2. The Bertz CT molecular complexity index is 733. The summed E-state index contributed by atoms with van der Waals surface area (Å²) in [5.41, 5.74) is 3.19. The van der Waals surface area contributed by atoms with Gasteiger partial charge in [0.25, 0.3) is 5.91 Å². The van der Waals surface area contributed by atoms with Crippen LogP contribution >= 0.6 is 0 Å². The molecule has 1 saturated heterocycles. The van der Waals surface area contributed by atoms with Crippen molar-refractivity contribution >= 4 is 5.91 Å². The summed E-state index contributed by atoms with van der Waals surface area (Å²) in [4.78, 5) is 19.6. The zero-order chi connectivity index (χ0) is 17.2. The summed E-state index contributed by atoms with van der Waals surface area (Å²) in [5, 5.41) is 4.64. The van der Waals surface area contributed by atoms with Crippen LogP contribution in [0.1, 0.15) is 60.3 Å². The summed E-state index contributed by atoms with van der Waals surface area (Å²) in [6, 6.07) is 0.317. The first kappa shape index (κ1) is 16.4. The number of likely N-dealkylation sites (tertiary alicyclic amines) is 1. The molecule has 1 fully saturated rings. The van der Waals surface area contributed by atoms with Gasteiger partial charge in [-0.2, -0.15) is 5.10 Å². The number of carbonyl (C=O) groups is 1. The van der Waals surface area contributed by atoms with Crippen molar-refractivity contribution in [1.82, 2.24) is 24.2 Å². The smallest absolute Gasteiger partial charge is 0.272 e. The first-order valence-corrected chi connectivity index (χ1v) is 9.55. The van der Waals surface area contributed by atoms with E-state index in [0.29, 0.717) is 6.04 Å². The Morgan fingerprint density at radius 1 is 1.24 bits per heavy atom. The molecule has 2 aromatic heterocycles. The molecule has 25 heavy (non-hydrogen) atoms. The normalized spacial score (nSPS) is 20.5. The van der Waals surface area contributed by atoms with Gasteiger partial charge in [0, 0.05) is 44.1 Å². The molecule has 6 nitrogen and oxygen atoms in total. The fraction of sp³-hybridized carbons (Fsp3) is 0.632. The minimum atomic E-state index is 0.188. The number of aryl methyl sites for hydroxylation is 3. The number of piperidine rings is 1. The first-order chi connectivity index (χ1) is 12.2. The monoisotopic (exact) mass is 341 g/mol. The quantitative estimate of drug-likeness (QED) is 0.859. The molecule has 3 heterocycles. The number of aromatic nitrogens is 4. The zero-order valence-electron chi connectivity index (χ0n) is 15.0. The van der Waals surface area contributed by atoms with Crippen molar-refractivity contribution < 1.29 is 4.79 Å². The third kappa shape index (κ3) is 3.22. The predicted molar refractivity (Wildman–Crippen MR) is 95.4 cm³/mol. The second kappa shape index (κ2) is 7.02. The van der Waals surface area contributed by atoms with Crippen LogP contribution in [0.15, 0.2) is 18.7 Å². The average Bonchev–Trinajstić information content (AvgIpc) is 3.26. The molecular formula is C19H27N5O. The Morgan fingerprint density at radius 2 is 2.12 bits per heavy atom. The first-order valence-electron chi connectivity index (χ1n) is 9.55. The molecule has 1 atom stereocenters. The lowest BCUT2D eigenvalue weighted by Gasteiger charge is -2.36. The van der Waals surface area contributed by atoms with Gasteiger partial charge < -0.3 is 9.47 Å². The summed E-state index contributed by atoms with van der Waals surface area (Å²) in [7, 11) is 1.93. The van der Waals surface area contributed by atoms with Gasteiger partial charge in [0.1, 0.15) is 5.69 Å². The van der Waals surface area contributed by atoms with Gasteiger partial charge in [0.2, 0.25) is 0 Å². The summed E-state index contributed by atoms with van der Waals surface area (Å²) in [6.45, 7) is 1.78. The highest BCUT2D eigenvalue weighted by Gasteiger charge is 2.32. The summed E-state index contributed by atoms with van der Waals surface area (Å²) in [5.74, 6) is 0.188. The molecule has 2 aromatic rings. The lowest BCUT2D eigenvalue weighted by atomic mass is 9.94. The molecule has 6 heteroatoms. The molecule has 0 saturated carbocycles. The molecule has 1 aliphatic carbocycles. The van der Waals surface area contributed by atoms with Crippen LogP contribution in [0.25, 0.3) is 0 Å². The Kier molecular flexibility index (Phi) is 4.59. The standard InChI is InChI=1S/C19H27N5O/c1-22-18(16-7-2-3-8-17(16)21-22)19(25)24-11-5-4-6-15(24)9-12-23-13-10-20-14-23/h10,13-15H,2-9,11-12H2,1H3/t15-/m1/s1. The molecule has 0 spiro atoms. The van der Waals surface area contributed by atoms with Crippen LogP contribution in [0.3, 0.4) is 0 Å². The molecule has 0 radical (unpaired) electrons.